The molecule has 0 atom stereocenters. The molecule has 1 amide bonds. The Balaban J connectivity index is 1.79. The van der Waals surface area contributed by atoms with E-state index < -0.39 is 0 Å². The molecule has 0 unspecified atom stereocenters. The lowest BCUT2D eigenvalue weighted by Gasteiger charge is -2.19. The summed E-state index contributed by atoms with van der Waals surface area (Å²) in [4.78, 5) is 24.9. The quantitative estimate of drug-likeness (QED) is 0.449. The molecule has 3 heterocycles. The number of fused-ring (bicyclic) bond motifs is 1. The van der Waals surface area contributed by atoms with Gasteiger partial charge < -0.3 is 4.90 Å². The summed E-state index contributed by atoms with van der Waals surface area (Å²) in [6.45, 7) is 11.5. The average molecular weight is 428 g/mol. The number of hydrogen-bond acceptors (Lipinski definition) is 4. The van der Waals surface area contributed by atoms with Crippen molar-refractivity contribution >= 4 is 16.8 Å². The Morgan fingerprint density at radius 1 is 0.969 bits per heavy atom. The first kappa shape index (κ1) is 21.7. The van der Waals surface area contributed by atoms with Crippen molar-refractivity contribution in [1.29, 1.82) is 0 Å². The van der Waals surface area contributed by atoms with Gasteiger partial charge in [-0.05, 0) is 70.5 Å². The second-order valence-corrected chi connectivity index (χ2v) is 8.48. The third-order valence-electron chi connectivity index (χ3n) is 5.81. The fourth-order valence-corrected chi connectivity index (χ4v) is 4.11. The number of benzene rings is 1. The van der Waals surface area contributed by atoms with Crippen LogP contribution in [0.3, 0.4) is 0 Å². The zero-order chi connectivity index (χ0) is 23.0. The minimum Gasteiger partial charge on any atom is -0.337 e. The largest absolute Gasteiger partial charge is 0.337 e. The number of amides is 1. The van der Waals surface area contributed by atoms with Gasteiger partial charge in [-0.2, -0.15) is 5.10 Å². The summed E-state index contributed by atoms with van der Waals surface area (Å²) in [5.41, 5.74) is 8.19. The molecular formula is C26H29N5O. The van der Waals surface area contributed by atoms with Crippen LogP contribution in [0, 0.1) is 27.7 Å². The van der Waals surface area contributed by atoms with Crippen LogP contribution in [0.25, 0.3) is 22.3 Å². The van der Waals surface area contributed by atoms with Crippen LogP contribution < -0.4 is 0 Å². The molecule has 6 heteroatoms. The van der Waals surface area contributed by atoms with E-state index in [-0.39, 0.29) is 5.91 Å². The maximum absolute atomic E-state index is 13.6. The molecule has 4 rings (SSSR count). The molecule has 0 saturated carbocycles. The topological polar surface area (TPSA) is 63.9 Å². The third-order valence-corrected chi connectivity index (χ3v) is 5.81. The highest BCUT2D eigenvalue weighted by molar-refractivity contribution is 6.07. The summed E-state index contributed by atoms with van der Waals surface area (Å²) >= 11 is 0. The molecule has 0 N–H and O–H groups in total. The van der Waals surface area contributed by atoms with Gasteiger partial charge in [0.15, 0.2) is 0 Å². The van der Waals surface area contributed by atoms with Gasteiger partial charge in [0.05, 0.1) is 28.7 Å². The fraction of sp³-hybridized carbons (Fsp3) is 0.308. The highest BCUT2D eigenvalue weighted by atomic mass is 16.2. The second-order valence-electron chi connectivity index (χ2n) is 8.48. The van der Waals surface area contributed by atoms with Crippen LogP contribution in [0.15, 0.2) is 42.6 Å². The van der Waals surface area contributed by atoms with Crippen molar-refractivity contribution in [2.24, 2.45) is 0 Å². The summed E-state index contributed by atoms with van der Waals surface area (Å²) < 4.78 is 1.95. The minimum absolute atomic E-state index is 0.0442. The first-order valence-electron chi connectivity index (χ1n) is 10.9. The molecule has 0 saturated heterocycles. The van der Waals surface area contributed by atoms with Crippen molar-refractivity contribution in [3.8, 4) is 11.4 Å². The molecule has 4 aromatic rings. The number of pyridine rings is 2. The smallest absolute Gasteiger partial charge is 0.254 e. The van der Waals surface area contributed by atoms with Gasteiger partial charge in [-0.1, -0.05) is 11.6 Å². The molecule has 0 aliphatic carbocycles. The molecular weight excluding hydrogens is 398 g/mol. The summed E-state index contributed by atoms with van der Waals surface area (Å²) in [6, 6.07) is 12.0. The Morgan fingerprint density at radius 3 is 2.41 bits per heavy atom. The molecule has 0 aliphatic heterocycles. The van der Waals surface area contributed by atoms with E-state index in [4.69, 9.17) is 4.98 Å². The average Bonchev–Trinajstić information content (AvgIpc) is 3.11. The normalized spacial score (nSPS) is 11.2. The van der Waals surface area contributed by atoms with Crippen molar-refractivity contribution in [2.75, 3.05) is 7.05 Å². The molecule has 0 aliphatic rings. The zero-order valence-corrected chi connectivity index (χ0v) is 19.6. The lowest BCUT2D eigenvalue weighted by Crippen LogP contribution is -2.27. The first-order chi connectivity index (χ1) is 15.3. The monoisotopic (exact) mass is 427 g/mol. The van der Waals surface area contributed by atoms with Gasteiger partial charge in [-0.3, -0.25) is 14.5 Å². The standard InChI is InChI=1S/C26H29N5O/c1-7-31-19(5)20(14-27-31)15-30(6)26(32)22-13-25(24-12-17(3)10-18(4)28-24)29-23-9-8-16(2)11-21(22)23/h8-14H,7,15H2,1-6H3. The molecule has 0 radical (unpaired) electrons. The number of nitrogens with zero attached hydrogens (tertiary/aromatic N) is 5. The van der Waals surface area contributed by atoms with E-state index in [1.54, 1.807) is 4.90 Å². The third kappa shape index (κ3) is 4.13. The molecule has 3 aromatic heterocycles. The van der Waals surface area contributed by atoms with E-state index in [9.17, 15) is 4.79 Å². The van der Waals surface area contributed by atoms with Gasteiger partial charge in [-0.15, -0.1) is 0 Å². The molecule has 32 heavy (non-hydrogen) atoms. The van der Waals surface area contributed by atoms with Crippen LogP contribution in [0.2, 0.25) is 0 Å². The van der Waals surface area contributed by atoms with Crippen molar-refractivity contribution < 1.29 is 4.79 Å². The second kappa shape index (κ2) is 8.54. The first-order valence-corrected chi connectivity index (χ1v) is 10.9. The maximum Gasteiger partial charge on any atom is 0.254 e. The fourth-order valence-electron chi connectivity index (χ4n) is 4.11. The van der Waals surface area contributed by atoms with E-state index in [2.05, 4.69) is 17.0 Å². The number of aromatic nitrogens is 4. The van der Waals surface area contributed by atoms with Gasteiger partial charge >= 0.3 is 0 Å². The Labute approximate surface area is 188 Å². The highest BCUT2D eigenvalue weighted by Gasteiger charge is 2.20. The van der Waals surface area contributed by atoms with Crippen LogP contribution in [0.1, 0.15) is 45.4 Å². The van der Waals surface area contributed by atoms with E-state index in [0.717, 1.165) is 51.2 Å². The lowest BCUT2D eigenvalue weighted by atomic mass is 10.0. The van der Waals surface area contributed by atoms with Gasteiger partial charge in [0.25, 0.3) is 5.91 Å². The van der Waals surface area contributed by atoms with Crippen LogP contribution in [0.4, 0.5) is 0 Å². The Bertz CT molecular complexity index is 1300. The van der Waals surface area contributed by atoms with Crippen molar-refractivity contribution in [3.63, 3.8) is 0 Å². The van der Waals surface area contributed by atoms with E-state index in [1.165, 1.54) is 0 Å². The van der Waals surface area contributed by atoms with Crippen molar-refractivity contribution in [3.05, 3.63) is 76.2 Å². The number of hydrogen-bond donors (Lipinski definition) is 0. The number of carbonyl (C=O) groups is 1. The van der Waals surface area contributed by atoms with Crippen LogP contribution >= 0.6 is 0 Å². The summed E-state index contributed by atoms with van der Waals surface area (Å²) in [5, 5.41) is 5.27. The van der Waals surface area contributed by atoms with Crippen molar-refractivity contribution in [2.45, 2.75) is 47.7 Å². The Kier molecular flexibility index (Phi) is 5.78. The molecule has 1 aromatic carbocycles. The molecule has 0 spiro atoms. The predicted molar refractivity (Wildman–Crippen MR) is 128 cm³/mol. The van der Waals surface area contributed by atoms with Crippen LogP contribution in [-0.4, -0.2) is 37.6 Å². The Morgan fingerprint density at radius 2 is 1.72 bits per heavy atom. The molecule has 0 fully saturated rings. The van der Waals surface area contributed by atoms with Gasteiger partial charge in [0, 0.05) is 42.5 Å². The SMILES string of the molecule is CCn1ncc(CN(C)C(=O)c2cc(-c3cc(C)cc(C)n3)nc3ccc(C)cc23)c1C. The van der Waals surface area contributed by atoms with E-state index in [0.29, 0.717) is 17.8 Å². The van der Waals surface area contributed by atoms with Gasteiger partial charge in [0.2, 0.25) is 0 Å². The highest BCUT2D eigenvalue weighted by Crippen LogP contribution is 2.27. The zero-order valence-electron chi connectivity index (χ0n) is 19.6. The van der Waals surface area contributed by atoms with Gasteiger partial charge in [0.1, 0.15) is 0 Å². The van der Waals surface area contributed by atoms with Gasteiger partial charge in [-0.25, -0.2) is 4.98 Å². The predicted octanol–water partition coefficient (Wildman–Crippen LogP) is 5.02. The molecule has 164 valence electrons. The summed E-state index contributed by atoms with van der Waals surface area (Å²) in [7, 11) is 1.84. The van der Waals surface area contributed by atoms with Crippen LogP contribution in [0.5, 0.6) is 0 Å². The molecule has 0 bridgehead atoms. The minimum atomic E-state index is -0.0442. The number of rotatable bonds is 5. The van der Waals surface area contributed by atoms with E-state index >= 15 is 0 Å². The van der Waals surface area contributed by atoms with Crippen molar-refractivity contribution in [1.82, 2.24) is 24.6 Å². The Hall–Kier alpha value is -3.54. The van der Waals surface area contributed by atoms with E-state index in [1.807, 2.05) is 82.0 Å². The summed E-state index contributed by atoms with van der Waals surface area (Å²) in [6.07, 6.45) is 1.85. The lowest BCUT2D eigenvalue weighted by molar-refractivity contribution is 0.0787. The van der Waals surface area contributed by atoms with Crippen LogP contribution in [-0.2, 0) is 13.1 Å². The summed E-state index contributed by atoms with van der Waals surface area (Å²) in [5.74, 6) is -0.0442. The number of aryl methyl sites for hydroxylation is 4. The molecule has 6 nitrogen and oxygen atoms in total. The maximum atomic E-state index is 13.6. The number of carbonyl (C=O) groups excluding carboxylic acids is 1.